The van der Waals surface area contributed by atoms with Gasteiger partial charge in [0.15, 0.2) is 0 Å². The van der Waals surface area contributed by atoms with Gasteiger partial charge in [-0.3, -0.25) is 9.69 Å². The van der Waals surface area contributed by atoms with Crippen molar-refractivity contribution < 1.29 is 14.3 Å². The molecule has 2 aromatic rings. The molecule has 0 unspecified atom stereocenters. The van der Waals surface area contributed by atoms with Gasteiger partial charge in [-0.25, -0.2) is 0 Å². The topological polar surface area (TPSA) is 42.0 Å². The number of carbonyl (C=O) groups is 1. The van der Waals surface area contributed by atoms with Gasteiger partial charge in [-0.15, -0.1) is 0 Å². The molecule has 2 saturated heterocycles. The average molecular weight is 421 g/mol. The van der Waals surface area contributed by atoms with Gasteiger partial charge >= 0.3 is 0 Å². The van der Waals surface area contributed by atoms with Crippen molar-refractivity contribution >= 4 is 12.0 Å². The number of para-hydroxylation sites is 1. The van der Waals surface area contributed by atoms with Gasteiger partial charge in [0.2, 0.25) is 5.91 Å². The predicted molar refractivity (Wildman–Crippen MR) is 123 cm³/mol. The van der Waals surface area contributed by atoms with Gasteiger partial charge < -0.3 is 14.4 Å². The number of ether oxygens (including phenoxy) is 2. The largest absolute Gasteiger partial charge is 0.497 e. The van der Waals surface area contributed by atoms with E-state index in [1.807, 2.05) is 30.3 Å². The van der Waals surface area contributed by atoms with Crippen LogP contribution in [0.1, 0.15) is 30.4 Å². The molecule has 0 aliphatic carbocycles. The third-order valence-electron chi connectivity index (χ3n) is 6.54. The summed E-state index contributed by atoms with van der Waals surface area (Å²) < 4.78 is 10.7. The summed E-state index contributed by atoms with van der Waals surface area (Å²) in [6.45, 7) is 3.68. The molecule has 0 bridgehead atoms. The molecule has 2 heterocycles. The summed E-state index contributed by atoms with van der Waals surface area (Å²) in [6, 6.07) is 16.5. The number of methoxy groups -OCH3 is 2. The van der Waals surface area contributed by atoms with Gasteiger partial charge in [-0.05, 0) is 42.5 Å². The second-order valence-corrected chi connectivity index (χ2v) is 8.43. The standard InChI is InChI=1S/C26H32N2O3/c1-30-23-12-9-20(10-13-23)18-28-24-15-17-27(19-22(24)11-14-26(28)29)16-5-7-21-6-3-4-8-25(21)31-2/h3-10,12-13,22,24H,11,14-19H2,1-2H3/t22-,24+/m1/s1. The van der Waals surface area contributed by atoms with Crippen LogP contribution in [0.5, 0.6) is 11.5 Å². The van der Waals surface area contributed by atoms with Crippen molar-refractivity contribution in [1.29, 1.82) is 0 Å². The minimum Gasteiger partial charge on any atom is -0.497 e. The Balaban J connectivity index is 1.36. The van der Waals surface area contributed by atoms with E-state index in [0.717, 1.165) is 55.1 Å². The minimum atomic E-state index is 0.293. The molecule has 0 radical (unpaired) electrons. The first-order chi connectivity index (χ1) is 15.2. The lowest BCUT2D eigenvalue weighted by Crippen LogP contribution is -2.55. The molecule has 31 heavy (non-hydrogen) atoms. The highest BCUT2D eigenvalue weighted by Crippen LogP contribution is 2.32. The predicted octanol–water partition coefficient (Wildman–Crippen LogP) is 4.23. The van der Waals surface area contributed by atoms with Gasteiger partial charge in [0.1, 0.15) is 11.5 Å². The Labute approximate surface area is 185 Å². The Morgan fingerprint density at radius 3 is 2.61 bits per heavy atom. The van der Waals surface area contributed by atoms with E-state index in [1.54, 1.807) is 14.2 Å². The minimum absolute atomic E-state index is 0.293. The highest BCUT2D eigenvalue weighted by molar-refractivity contribution is 5.77. The van der Waals surface area contributed by atoms with Crippen LogP contribution in [-0.4, -0.2) is 55.6 Å². The van der Waals surface area contributed by atoms with Crippen molar-refractivity contribution in [2.45, 2.75) is 31.8 Å². The van der Waals surface area contributed by atoms with Crippen LogP contribution in [0.3, 0.4) is 0 Å². The molecule has 0 saturated carbocycles. The molecule has 164 valence electrons. The molecule has 2 aromatic carbocycles. The maximum absolute atomic E-state index is 12.7. The van der Waals surface area contributed by atoms with Crippen molar-refractivity contribution in [3.63, 3.8) is 0 Å². The fourth-order valence-electron chi connectivity index (χ4n) is 4.86. The Morgan fingerprint density at radius 2 is 1.84 bits per heavy atom. The lowest BCUT2D eigenvalue weighted by molar-refractivity contribution is -0.141. The number of hydrogen-bond acceptors (Lipinski definition) is 4. The van der Waals surface area contributed by atoms with Crippen molar-refractivity contribution in [3.05, 3.63) is 65.7 Å². The van der Waals surface area contributed by atoms with Crippen LogP contribution in [0.2, 0.25) is 0 Å². The van der Waals surface area contributed by atoms with Crippen molar-refractivity contribution in [3.8, 4) is 11.5 Å². The fraction of sp³-hybridized carbons (Fsp3) is 0.423. The van der Waals surface area contributed by atoms with E-state index in [1.165, 1.54) is 0 Å². The summed E-state index contributed by atoms with van der Waals surface area (Å²) in [5, 5.41) is 0. The highest BCUT2D eigenvalue weighted by atomic mass is 16.5. The van der Waals surface area contributed by atoms with E-state index in [0.29, 0.717) is 30.8 Å². The SMILES string of the molecule is COc1ccc(CN2C(=O)CC[C@@H]3CN(CC=Cc4ccccc4OC)CC[C@@H]32)cc1. The number of likely N-dealkylation sites (tertiary alicyclic amines) is 2. The maximum Gasteiger partial charge on any atom is 0.223 e. The van der Waals surface area contributed by atoms with Gasteiger partial charge in [-0.2, -0.15) is 0 Å². The molecule has 2 aliphatic heterocycles. The van der Waals surface area contributed by atoms with Crippen LogP contribution in [0.4, 0.5) is 0 Å². The van der Waals surface area contributed by atoms with E-state index >= 15 is 0 Å². The van der Waals surface area contributed by atoms with E-state index in [2.05, 4.69) is 40.2 Å². The van der Waals surface area contributed by atoms with E-state index in [9.17, 15) is 4.79 Å². The van der Waals surface area contributed by atoms with Gasteiger partial charge in [0, 0.05) is 44.2 Å². The smallest absolute Gasteiger partial charge is 0.223 e. The lowest BCUT2D eigenvalue weighted by atomic mass is 9.83. The number of carbonyl (C=O) groups excluding carboxylic acids is 1. The molecule has 5 heteroatoms. The molecule has 2 atom stereocenters. The summed E-state index contributed by atoms with van der Waals surface area (Å²) in [6.07, 6.45) is 7.05. The summed E-state index contributed by atoms with van der Waals surface area (Å²) in [4.78, 5) is 17.3. The zero-order chi connectivity index (χ0) is 21.6. The first-order valence-corrected chi connectivity index (χ1v) is 11.1. The van der Waals surface area contributed by atoms with E-state index in [-0.39, 0.29) is 0 Å². The molecule has 2 aliphatic rings. The number of nitrogens with zero attached hydrogens (tertiary/aromatic N) is 2. The molecule has 2 fully saturated rings. The van der Waals surface area contributed by atoms with Crippen molar-refractivity contribution in [1.82, 2.24) is 9.80 Å². The van der Waals surface area contributed by atoms with Crippen LogP contribution < -0.4 is 9.47 Å². The molecule has 0 aromatic heterocycles. The first-order valence-electron chi connectivity index (χ1n) is 11.1. The molecule has 0 N–H and O–H groups in total. The van der Waals surface area contributed by atoms with Crippen LogP contribution in [0.25, 0.3) is 6.08 Å². The Hall–Kier alpha value is -2.79. The van der Waals surface area contributed by atoms with Crippen LogP contribution in [-0.2, 0) is 11.3 Å². The summed E-state index contributed by atoms with van der Waals surface area (Å²) in [5.41, 5.74) is 2.27. The Bertz CT molecular complexity index is 909. The Morgan fingerprint density at radius 1 is 1.03 bits per heavy atom. The number of amides is 1. The molecular weight excluding hydrogens is 388 g/mol. The summed E-state index contributed by atoms with van der Waals surface area (Å²) >= 11 is 0. The summed E-state index contributed by atoms with van der Waals surface area (Å²) in [5.74, 6) is 2.59. The molecule has 0 spiro atoms. The van der Waals surface area contributed by atoms with Crippen molar-refractivity contribution in [2.75, 3.05) is 33.9 Å². The zero-order valence-electron chi connectivity index (χ0n) is 18.5. The van der Waals surface area contributed by atoms with E-state index < -0.39 is 0 Å². The zero-order valence-corrected chi connectivity index (χ0v) is 18.5. The summed E-state index contributed by atoms with van der Waals surface area (Å²) in [7, 11) is 3.38. The average Bonchev–Trinajstić information content (AvgIpc) is 2.81. The van der Waals surface area contributed by atoms with Crippen LogP contribution >= 0.6 is 0 Å². The number of fused-ring (bicyclic) bond motifs is 1. The van der Waals surface area contributed by atoms with Crippen molar-refractivity contribution in [2.24, 2.45) is 5.92 Å². The monoisotopic (exact) mass is 420 g/mol. The van der Waals surface area contributed by atoms with Gasteiger partial charge in [0.05, 0.1) is 14.2 Å². The third-order valence-corrected chi connectivity index (χ3v) is 6.54. The number of benzene rings is 2. The number of rotatable bonds is 7. The lowest BCUT2D eigenvalue weighted by Gasteiger charge is -2.47. The van der Waals surface area contributed by atoms with E-state index in [4.69, 9.17) is 9.47 Å². The normalized spacial score (nSPS) is 21.9. The fourth-order valence-corrected chi connectivity index (χ4v) is 4.86. The quantitative estimate of drug-likeness (QED) is 0.672. The van der Waals surface area contributed by atoms with Crippen LogP contribution in [0, 0.1) is 5.92 Å². The Kier molecular flexibility index (Phi) is 6.92. The molecule has 1 amide bonds. The second-order valence-electron chi connectivity index (χ2n) is 8.43. The maximum atomic E-state index is 12.7. The number of piperidine rings is 2. The molecular formula is C26H32N2O3. The first kappa shape index (κ1) is 21.4. The third kappa shape index (κ3) is 5.10. The van der Waals surface area contributed by atoms with Gasteiger partial charge in [-0.1, -0.05) is 42.5 Å². The second kappa shape index (κ2) is 10.0. The highest BCUT2D eigenvalue weighted by Gasteiger charge is 2.38. The van der Waals surface area contributed by atoms with Gasteiger partial charge in [0.25, 0.3) is 0 Å². The number of hydrogen-bond donors (Lipinski definition) is 0. The molecule has 4 rings (SSSR count). The molecule has 5 nitrogen and oxygen atoms in total. The van der Waals surface area contributed by atoms with Crippen LogP contribution in [0.15, 0.2) is 54.6 Å².